The molecular weight excluding hydrogens is 527 g/mol. The van der Waals surface area contributed by atoms with E-state index in [9.17, 15) is 22.9 Å². The lowest BCUT2D eigenvalue weighted by molar-refractivity contribution is -0.178. The molecule has 226 valence electrons. The van der Waals surface area contributed by atoms with Crippen LogP contribution in [0.3, 0.4) is 0 Å². The Morgan fingerprint density at radius 2 is 1.29 bits per heavy atom. The van der Waals surface area contributed by atoms with Crippen molar-refractivity contribution in [2.24, 2.45) is 0 Å². The lowest BCUT2D eigenvalue weighted by Gasteiger charge is -2.23. The third-order valence-electron chi connectivity index (χ3n) is 6.96. The van der Waals surface area contributed by atoms with E-state index in [0.717, 1.165) is 44.9 Å². The molecule has 10 heteroatoms. The minimum Gasteiger partial charge on any atom is -0.478 e. The number of aliphatic carboxylic acids is 1. The summed E-state index contributed by atoms with van der Waals surface area (Å²) in [5.41, 5.74) is 0. The summed E-state index contributed by atoms with van der Waals surface area (Å²) in [5.74, 6) is -1.45. The van der Waals surface area contributed by atoms with Gasteiger partial charge < -0.3 is 19.7 Å². The lowest BCUT2D eigenvalue weighted by atomic mass is 10.1. The zero-order valence-corrected chi connectivity index (χ0v) is 25.9. The maximum Gasteiger partial charge on any atom is 0.350 e. The molecule has 3 unspecified atom stereocenters. The Labute approximate surface area is 233 Å². The van der Waals surface area contributed by atoms with E-state index in [1.54, 1.807) is 6.92 Å². The molecule has 0 aromatic heterocycles. The summed E-state index contributed by atoms with van der Waals surface area (Å²) in [6, 6.07) is 0. The molecule has 0 aromatic rings. The summed E-state index contributed by atoms with van der Waals surface area (Å²) < 4.78 is 48.4. The van der Waals surface area contributed by atoms with Crippen molar-refractivity contribution in [1.29, 1.82) is 0 Å². The second-order valence-corrected chi connectivity index (χ2v) is 13.7. The molecule has 0 heterocycles. The summed E-state index contributed by atoms with van der Waals surface area (Å²) in [4.78, 5) is 11.1. The van der Waals surface area contributed by atoms with Crippen molar-refractivity contribution >= 4 is 24.3 Å². The number of hydrogen-bond donors (Lipinski definition) is 2. The quantitative estimate of drug-likeness (QED) is 0.0560. The second kappa shape index (κ2) is 23.1. The van der Waals surface area contributed by atoms with Crippen LogP contribution in [0, 0.1) is 0 Å². The van der Waals surface area contributed by atoms with Crippen molar-refractivity contribution in [3.63, 3.8) is 0 Å². The minimum absolute atomic E-state index is 0.149. The van der Waals surface area contributed by atoms with Gasteiger partial charge in [-0.3, -0.25) is 4.57 Å². The van der Waals surface area contributed by atoms with Crippen molar-refractivity contribution in [1.82, 2.24) is 0 Å². The Hall–Kier alpha value is -0.600. The zero-order valence-electron chi connectivity index (χ0n) is 24.2. The smallest absolute Gasteiger partial charge is 0.350 e. The van der Waals surface area contributed by atoms with Gasteiger partial charge in [-0.2, -0.15) is 0 Å². The standard InChI is InChI=1S/C28H55O8PS/c1-4-7-9-11-12-13-14-15-17-19-23-38(33,34)25(20-18-16-10-8-5-2)21-22-35-26(6-3)36-24-28(31,37-32)27(29)30/h25-26,31H,4-24H2,1-3H3,(H,29,30). The Morgan fingerprint density at radius 1 is 0.789 bits per heavy atom. The van der Waals surface area contributed by atoms with E-state index in [0.29, 0.717) is 25.7 Å². The number of carbonyl (C=O) groups is 1. The number of hydrogen-bond acceptors (Lipinski definition) is 7. The molecule has 0 saturated carbocycles. The average Bonchev–Trinajstić information content (AvgIpc) is 2.89. The van der Waals surface area contributed by atoms with Crippen LogP contribution in [0.5, 0.6) is 0 Å². The summed E-state index contributed by atoms with van der Waals surface area (Å²) in [7, 11) is -4.23. The van der Waals surface area contributed by atoms with Crippen LogP contribution in [-0.2, 0) is 28.7 Å². The molecule has 0 bridgehead atoms. The molecule has 0 radical (unpaired) electrons. The molecular formula is C28H55O8PS. The van der Waals surface area contributed by atoms with Crippen LogP contribution in [-0.4, -0.2) is 60.4 Å². The highest BCUT2D eigenvalue weighted by atomic mass is 32.2. The Morgan fingerprint density at radius 3 is 1.76 bits per heavy atom. The fourth-order valence-electron chi connectivity index (χ4n) is 4.39. The molecule has 8 nitrogen and oxygen atoms in total. The molecule has 38 heavy (non-hydrogen) atoms. The van der Waals surface area contributed by atoms with Crippen molar-refractivity contribution in [3.05, 3.63) is 0 Å². The topological polar surface area (TPSA) is 127 Å². The van der Waals surface area contributed by atoms with E-state index < -0.39 is 47.8 Å². The highest BCUT2D eigenvalue weighted by Gasteiger charge is 2.38. The van der Waals surface area contributed by atoms with Gasteiger partial charge in [0.25, 0.3) is 5.34 Å². The van der Waals surface area contributed by atoms with Crippen LogP contribution in [0.25, 0.3) is 0 Å². The lowest BCUT2D eigenvalue weighted by Crippen LogP contribution is -2.39. The maximum absolute atomic E-state index is 13.2. The van der Waals surface area contributed by atoms with Crippen molar-refractivity contribution in [2.75, 3.05) is 19.0 Å². The molecule has 0 aromatic carbocycles. The van der Waals surface area contributed by atoms with E-state index in [1.807, 2.05) is 0 Å². The molecule has 0 aliphatic rings. The summed E-state index contributed by atoms with van der Waals surface area (Å²) in [6.45, 7) is 5.60. The van der Waals surface area contributed by atoms with Gasteiger partial charge in [0, 0.05) is 0 Å². The summed E-state index contributed by atoms with van der Waals surface area (Å²) in [6.07, 6.45) is 17.3. The average molecular weight is 583 g/mol. The first-order chi connectivity index (χ1) is 18.2. The predicted molar refractivity (Wildman–Crippen MR) is 154 cm³/mol. The Kier molecular flexibility index (Phi) is 22.8. The number of carboxylic acid groups (broad SMARTS) is 1. The van der Waals surface area contributed by atoms with Crippen molar-refractivity contribution < 1.29 is 37.5 Å². The number of unbranched alkanes of at least 4 members (excludes halogenated alkanes) is 13. The third-order valence-corrected chi connectivity index (χ3v) is 9.93. The van der Waals surface area contributed by atoms with Gasteiger partial charge in [0.1, 0.15) is 6.61 Å². The number of ether oxygens (including phenoxy) is 2. The van der Waals surface area contributed by atoms with Crippen LogP contribution in [0.15, 0.2) is 0 Å². The number of sulfone groups is 1. The Balaban J connectivity index is 4.67. The number of carboxylic acids is 1. The molecule has 0 aliphatic carbocycles. The zero-order chi connectivity index (χ0) is 28.7. The van der Waals surface area contributed by atoms with Crippen molar-refractivity contribution in [3.8, 4) is 0 Å². The fourth-order valence-corrected chi connectivity index (χ4v) is 6.51. The maximum atomic E-state index is 13.2. The van der Waals surface area contributed by atoms with Crippen LogP contribution in [0.2, 0.25) is 0 Å². The van der Waals surface area contributed by atoms with Crippen molar-refractivity contribution in [2.45, 2.75) is 153 Å². The second-order valence-electron chi connectivity index (χ2n) is 10.4. The molecule has 0 fully saturated rings. The highest BCUT2D eigenvalue weighted by Crippen LogP contribution is 2.23. The monoisotopic (exact) mass is 582 g/mol. The van der Waals surface area contributed by atoms with Gasteiger partial charge in [0.15, 0.2) is 16.1 Å². The van der Waals surface area contributed by atoms with Gasteiger partial charge in [-0.05, 0) is 25.7 Å². The summed E-state index contributed by atoms with van der Waals surface area (Å²) >= 11 is 0. The molecule has 0 amide bonds. The van der Waals surface area contributed by atoms with Crippen LogP contribution < -0.4 is 0 Å². The highest BCUT2D eigenvalue weighted by molar-refractivity contribution is 7.92. The number of rotatable bonds is 28. The molecule has 3 atom stereocenters. The summed E-state index contributed by atoms with van der Waals surface area (Å²) in [5, 5.41) is 15.8. The van der Waals surface area contributed by atoms with Gasteiger partial charge in [0.2, 0.25) is 8.46 Å². The first-order valence-electron chi connectivity index (χ1n) is 14.9. The Bertz CT molecular complexity index is 703. The van der Waals surface area contributed by atoms with E-state index in [4.69, 9.17) is 14.6 Å². The van der Waals surface area contributed by atoms with E-state index in [1.165, 1.54) is 44.9 Å². The normalized spacial score (nSPS) is 15.4. The SMILES string of the molecule is CCCCCCCCCCCCS(=O)(=O)C(CCCCCCC)CCOC(CC)OCC(O)(P=O)C(=O)O. The van der Waals surface area contributed by atoms with Gasteiger partial charge in [-0.1, -0.05) is 111 Å². The van der Waals surface area contributed by atoms with E-state index in [-0.39, 0.29) is 12.4 Å². The van der Waals surface area contributed by atoms with Gasteiger partial charge in [-0.25, -0.2) is 13.2 Å². The van der Waals surface area contributed by atoms with Gasteiger partial charge in [-0.15, -0.1) is 0 Å². The van der Waals surface area contributed by atoms with Gasteiger partial charge in [0.05, 0.1) is 17.6 Å². The predicted octanol–water partition coefficient (Wildman–Crippen LogP) is 7.28. The third kappa shape index (κ3) is 17.9. The first-order valence-corrected chi connectivity index (χ1v) is 17.4. The van der Waals surface area contributed by atoms with Crippen LogP contribution in [0.4, 0.5) is 0 Å². The molecule has 0 spiro atoms. The van der Waals surface area contributed by atoms with E-state index in [2.05, 4.69) is 13.8 Å². The minimum atomic E-state index is -3.26. The van der Waals surface area contributed by atoms with Crippen LogP contribution in [0.1, 0.15) is 136 Å². The first kappa shape index (κ1) is 37.4. The largest absolute Gasteiger partial charge is 0.478 e. The fraction of sp³-hybridized carbons (Fsp3) is 0.964. The molecule has 2 N–H and O–H groups in total. The van der Waals surface area contributed by atoms with Gasteiger partial charge >= 0.3 is 5.97 Å². The van der Waals surface area contributed by atoms with Crippen LogP contribution >= 0.6 is 8.46 Å². The number of aliphatic hydroxyl groups is 1. The van der Waals surface area contributed by atoms with E-state index >= 15 is 0 Å². The molecule has 0 aliphatic heterocycles. The molecule has 0 saturated heterocycles. The molecule has 0 rings (SSSR count).